The standard InChI is InChI=1S/C16H27N3/c1-13-5-4-9-16(17,11-13)12-14-8-10-19(18-14)15-6-2-3-7-15/h8,10,13,15H,2-7,9,11-12,17H2,1H3. The van der Waals surface area contributed by atoms with Gasteiger partial charge in [0.15, 0.2) is 0 Å². The molecule has 0 radical (unpaired) electrons. The van der Waals surface area contributed by atoms with E-state index in [0.29, 0.717) is 6.04 Å². The number of nitrogens with two attached hydrogens (primary N) is 1. The van der Waals surface area contributed by atoms with E-state index in [-0.39, 0.29) is 5.54 Å². The van der Waals surface area contributed by atoms with Gasteiger partial charge in [0, 0.05) is 18.2 Å². The summed E-state index contributed by atoms with van der Waals surface area (Å²) in [5.41, 5.74) is 7.79. The molecule has 3 nitrogen and oxygen atoms in total. The van der Waals surface area contributed by atoms with Crippen molar-refractivity contribution in [2.45, 2.75) is 76.3 Å². The van der Waals surface area contributed by atoms with Crippen LogP contribution < -0.4 is 5.73 Å². The Balaban J connectivity index is 1.66. The summed E-state index contributed by atoms with van der Waals surface area (Å²) in [7, 11) is 0. The SMILES string of the molecule is CC1CCCC(N)(Cc2ccn(C3CCCC3)n2)C1. The summed E-state index contributed by atoms with van der Waals surface area (Å²) in [6.07, 6.45) is 13.4. The second-order valence-corrected chi connectivity index (χ2v) is 6.97. The molecule has 1 heterocycles. The van der Waals surface area contributed by atoms with Crippen LogP contribution in [0.3, 0.4) is 0 Å². The van der Waals surface area contributed by atoms with E-state index in [1.54, 1.807) is 0 Å². The topological polar surface area (TPSA) is 43.8 Å². The quantitative estimate of drug-likeness (QED) is 0.905. The molecule has 2 saturated carbocycles. The molecule has 0 aliphatic heterocycles. The van der Waals surface area contributed by atoms with Crippen LogP contribution in [0.5, 0.6) is 0 Å². The van der Waals surface area contributed by atoms with Crippen molar-refractivity contribution < 1.29 is 0 Å². The lowest BCUT2D eigenvalue weighted by atomic mass is 9.75. The molecule has 0 spiro atoms. The third kappa shape index (κ3) is 3.02. The maximum absolute atomic E-state index is 6.59. The zero-order valence-electron chi connectivity index (χ0n) is 12.1. The highest BCUT2D eigenvalue weighted by Gasteiger charge is 2.32. The van der Waals surface area contributed by atoms with Gasteiger partial charge in [0.05, 0.1) is 11.7 Å². The molecule has 19 heavy (non-hydrogen) atoms. The highest BCUT2D eigenvalue weighted by molar-refractivity contribution is 5.07. The average Bonchev–Trinajstić information content (AvgIpc) is 2.97. The molecule has 2 atom stereocenters. The van der Waals surface area contributed by atoms with Crippen molar-refractivity contribution in [2.24, 2.45) is 11.7 Å². The molecule has 2 N–H and O–H groups in total. The van der Waals surface area contributed by atoms with Crippen molar-refractivity contribution in [3.05, 3.63) is 18.0 Å². The van der Waals surface area contributed by atoms with Gasteiger partial charge in [-0.25, -0.2) is 0 Å². The van der Waals surface area contributed by atoms with Crippen molar-refractivity contribution in [1.82, 2.24) is 9.78 Å². The first-order valence-electron chi connectivity index (χ1n) is 7.98. The van der Waals surface area contributed by atoms with Gasteiger partial charge in [-0.3, -0.25) is 4.68 Å². The molecule has 0 bridgehead atoms. The van der Waals surface area contributed by atoms with Gasteiger partial charge in [0.25, 0.3) is 0 Å². The fraction of sp³-hybridized carbons (Fsp3) is 0.812. The first-order valence-corrected chi connectivity index (χ1v) is 7.98. The third-order valence-corrected chi connectivity index (χ3v) is 5.02. The summed E-state index contributed by atoms with van der Waals surface area (Å²) < 4.78 is 2.19. The van der Waals surface area contributed by atoms with E-state index >= 15 is 0 Å². The minimum atomic E-state index is -0.00741. The largest absolute Gasteiger partial charge is 0.325 e. The monoisotopic (exact) mass is 261 g/mol. The van der Waals surface area contributed by atoms with Crippen molar-refractivity contribution in [3.63, 3.8) is 0 Å². The lowest BCUT2D eigenvalue weighted by molar-refractivity contribution is 0.233. The molecule has 0 saturated heterocycles. The molecular formula is C16H27N3. The first kappa shape index (κ1) is 13.2. The molecule has 2 aliphatic carbocycles. The minimum absolute atomic E-state index is 0.00741. The number of hydrogen-bond acceptors (Lipinski definition) is 2. The normalized spacial score (nSPS) is 32.8. The van der Waals surface area contributed by atoms with Gasteiger partial charge >= 0.3 is 0 Å². The molecule has 1 aromatic rings. The third-order valence-electron chi connectivity index (χ3n) is 5.02. The summed E-state index contributed by atoms with van der Waals surface area (Å²) in [4.78, 5) is 0. The molecule has 2 aliphatic rings. The van der Waals surface area contributed by atoms with Crippen molar-refractivity contribution in [2.75, 3.05) is 0 Å². The molecule has 3 heteroatoms. The highest BCUT2D eigenvalue weighted by atomic mass is 15.3. The molecule has 2 unspecified atom stereocenters. The molecule has 2 fully saturated rings. The Hall–Kier alpha value is -0.830. The van der Waals surface area contributed by atoms with E-state index < -0.39 is 0 Å². The zero-order chi connectivity index (χ0) is 13.3. The van der Waals surface area contributed by atoms with Crippen molar-refractivity contribution in [1.29, 1.82) is 0 Å². The smallest absolute Gasteiger partial charge is 0.0643 e. The number of hydrogen-bond donors (Lipinski definition) is 1. The van der Waals surface area contributed by atoms with Gasteiger partial charge < -0.3 is 5.73 Å². The van der Waals surface area contributed by atoms with Crippen LogP contribution in [0.4, 0.5) is 0 Å². The van der Waals surface area contributed by atoms with Crippen LogP contribution in [-0.4, -0.2) is 15.3 Å². The fourth-order valence-electron chi connectivity index (χ4n) is 4.07. The van der Waals surface area contributed by atoms with Gasteiger partial charge in [-0.15, -0.1) is 0 Å². The van der Waals surface area contributed by atoms with E-state index in [4.69, 9.17) is 10.8 Å². The van der Waals surface area contributed by atoms with Crippen LogP contribution in [0.15, 0.2) is 12.3 Å². The van der Waals surface area contributed by atoms with Crippen LogP contribution >= 0.6 is 0 Å². The second-order valence-electron chi connectivity index (χ2n) is 6.97. The first-order chi connectivity index (χ1) is 9.15. The van der Waals surface area contributed by atoms with Crippen LogP contribution in [0.2, 0.25) is 0 Å². The van der Waals surface area contributed by atoms with Gasteiger partial charge in [-0.1, -0.05) is 32.6 Å². The average molecular weight is 261 g/mol. The van der Waals surface area contributed by atoms with Crippen LogP contribution in [0.1, 0.15) is 70.0 Å². The maximum atomic E-state index is 6.59. The fourth-order valence-corrected chi connectivity index (χ4v) is 4.07. The predicted octanol–water partition coefficient (Wildman–Crippen LogP) is 3.45. The van der Waals surface area contributed by atoms with E-state index in [0.717, 1.165) is 25.2 Å². The summed E-state index contributed by atoms with van der Waals surface area (Å²) >= 11 is 0. The minimum Gasteiger partial charge on any atom is -0.325 e. The number of rotatable bonds is 3. The maximum Gasteiger partial charge on any atom is 0.0643 e. The lowest BCUT2D eigenvalue weighted by Crippen LogP contribution is -2.46. The number of aromatic nitrogens is 2. The van der Waals surface area contributed by atoms with E-state index in [1.165, 1.54) is 44.2 Å². The van der Waals surface area contributed by atoms with Crippen LogP contribution in [0.25, 0.3) is 0 Å². The van der Waals surface area contributed by atoms with Crippen LogP contribution in [-0.2, 0) is 6.42 Å². The Labute approximate surface area is 116 Å². The summed E-state index contributed by atoms with van der Waals surface area (Å²) in [5, 5.41) is 4.79. The second kappa shape index (κ2) is 5.28. The molecular weight excluding hydrogens is 234 g/mol. The number of nitrogens with zero attached hydrogens (tertiary/aromatic N) is 2. The van der Waals surface area contributed by atoms with E-state index in [1.807, 2.05) is 0 Å². The van der Waals surface area contributed by atoms with Crippen molar-refractivity contribution in [3.8, 4) is 0 Å². The van der Waals surface area contributed by atoms with Gasteiger partial charge in [0.2, 0.25) is 0 Å². The molecule has 0 amide bonds. The summed E-state index contributed by atoms with van der Waals surface area (Å²) in [6.45, 7) is 2.33. The van der Waals surface area contributed by atoms with Gasteiger partial charge in [-0.05, 0) is 37.7 Å². The highest BCUT2D eigenvalue weighted by Crippen LogP contribution is 2.33. The Morgan fingerprint density at radius 2 is 2.11 bits per heavy atom. The summed E-state index contributed by atoms with van der Waals surface area (Å²) in [6, 6.07) is 2.83. The van der Waals surface area contributed by atoms with Crippen LogP contribution in [0, 0.1) is 5.92 Å². The molecule has 1 aromatic heterocycles. The molecule has 0 aromatic carbocycles. The van der Waals surface area contributed by atoms with Gasteiger partial charge in [-0.2, -0.15) is 5.10 Å². The Morgan fingerprint density at radius 1 is 1.32 bits per heavy atom. The Bertz CT molecular complexity index is 419. The lowest BCUT2D eigenvalue weighted by Gasteiger charge is -2.36. The Kier molecular flexibility index (Phi) is 3.66. The van der Waals surface area contributed by atoms with E-state index in [9.17, 15) is 0 Å². The van der Waals surface area contributed by atoms with Gasteiger partial charge in [0.1, 0.15) is 0 Å². The Morgan fingerprint density at radius 3 is 2.84 bits per heavy atom. The van der Waals surface area contributed by atoms with Crippen molar-refractivity contribution >= 4 is 0 Å². The van der Waals surface area contributed by atoms with E-state index in [2.05, 4.69) is 23.9 Å². The zero-order valence-corrected chi connectivity index (χ0v) is 12.1. The molecule has 3 rings (SSSR count). The summed E-state index contributed by atoms with van der Waals surface area (Å²) in [5.74, 6) is 0.774. The molecule has 106 valence electrons. The predicted molar refractivity (Wildman–Crippen MR) is 78.0 cm³/mol.